The number of carbonyl (C=O) groups excluding carboxylic acids is 1. The van der Waals surface area contributed by atoms with Crippen LogP contribution >= 0.6 is 11.6 Å². The minimum Gasteiger partial charge on any atom is -0.480 e. The molecule has 1 aliphatic heterocycles. The van der Waals surface area contributed by atoms with Gasteiger partial charge in [0.2, 0.25) is 0 Å². The van der Waals surface area contributed by atoms with Crippen molar-refractivity contribution < 1.29 is 19.1 Å². The number of aliphatic carboxylic acids is 1. The molecule has 1 aromatic carbocycles. The average Bonchev–Trinajstić information content (AvgIpc) is 2.75. The zero-order valence-electron chi connectivity index (χ0n) is 10.3. The van der Waals surface area contributed by atoms with Crippen LogP contribution in [0.2, 0.25) is 5.02 Å². The first-order chi connectivity index (χ1) is 8.86. The van der Waals surface area contributed by atoms with Gasteiger partial charge >= 0.3 is 5.97 Å². The van der Waals surface area contributed by atoms with Gasteiger partial charge in [-0.3, -0.25) is 4.79 Å². The first kappa shape index (κ1) is 13.8. The predicted molar refractivity (Wildman–Crippen MR) is 67.7 cm³/mol. The Hall–Kier alpha value is -1.62. The van der Waals surface area contributed by atoms with Crippen molar-refractivity contribution in [3.8, 4) is 0 Å². The summed E-state index contributed by atoms with van der Waals surface area (Å²) in [6, 6.07) is 3.72. The van der Waals surface area contributed by atoms with E-state index in [-0.39, 0.29) is 10.6 Å². The van der Waals surface area contributed by atoms with Crippen LogP contribution in [0.15, 0.2) is 18.2 Å². The Bertz CT molecular complexity index is 549. The molecule has 1 saturated heterocycles. The number of hydrogen-bond donors (Lipinski definition) is 1. The third kappa shape index (κ3) is 2.30. The number of halogens is 2. The van der Waals surface area contributed by atoms with E-state index in [9.17, 15) is 19.1 Å². The van der Waals surface area contributed by atoms with E-state index >= 15 is 0 Å². The third-order valence-corrected chi connectivity index (χ3v) is 3.82. The van der Waals surface area contributed by atoms with Crippen molar-refractivity contribution in [1.82, 2.24) is 4.90 Å². The Morgan fingerprint density at radius 1 is 1.47 bits per heavy atom. The van der Waals surface area contributed by atoms with Crippen molar-refractivity contribution >= 4 is 23.5 Å². The number of carboxylic acids is 1. The summed E-state index contributed by atoms with van der Waals surface area (Å²) < 4.78 is 13.4. The van der Waals surface area contributed by atoms with Gasteiger partial charge in [0.05, 0.1) is 5.02 Å². The number of hydrogen-bond acceptors (Lipinski definition) is 2. The van der Waals surface area contributed by atoms with Gasteiger partial charge in [-0.1, -0.05) is 11.6 Å². The van der Waals surface area contributed by atoms with Gasteiger partial charge in [-0.2, -0.15) is 0 Å². The zero-order chi connectivity index (χ0) is 14.2. The molecule has 0 bridgehead atoms. The van der Waals surface area contributed by atoms with Crippen molar-refractivity contribution in [3.63, 3.8) is 0 Å². The van der Waals surface area contributed by atoms with E-state index in [1.165, 1.54) is 24.0 Å². The molecule has 1 unspecified atom stereocenters. The number of likely N-dealkylation sites (tertiary alicyclic amines) is 1. The third-order valence-electron chi connectivity index (χ3n) is 3.51. The zero-order valence-corrected chi connectivity index (χ0v) is 11.1. The van der Waals surface area contributed by atoms with Gasteiger partial charge in [0, 0.05) is 12.1 Å². The standard InChI is InChI=1S/C13H13ClFNO3/c1-13(12(18)19)5-2-6-16(13)11(17)8-3-4-9(14)10(15)7-8/h3-4,7H,2,5-6H2,1H3,(H,18,19). The lowest BCUT2D eigenvalue weighted by Gasteiger charge is -2.31. The molecular formula is C13H13ClFNO3. The Kier molecular flexibility index (Phi) is 3.49. The topological polar surface area (TPSA) is 57.6 Å². The van der Waals surface area contributed by atoms with Gasteiger partial charge in [-0.15, -0.1) is 0 Å². The molecule has 0 spiro atoms. The molecule has 0 radical (unpaired) electrons. The molecule has 1 N–H and O–H groups in total. The van der Waals surface area contributed by atoms with Crippen LogP contribution in [0.5, 0.6) is 0 Å². The quantitative estimate of drug-likeness (QED) is 0.908. The van der Waals surface area contributed by atoms with Crippen molar-refractivity contribution in [2.24, 2.45) is 0 Å². The molecule has 1 aromatic rings. The average molecular weight is 286 g/mol. The fraction of sp³-hybridized carbons (Fsp3) is 0.385. The minimum atomic E-state index is -1.23. The van der Waals surface area contributed by atoms with Crippen molar-refractivity contribution in [2.45, 2.75) is 25.3 Å². The molecule has 0 saturated carbocycles. The number of carbonyl (C=O) groups is 2. The van der Waals surface area contributed by atoms with Gasteiger partial charge in [-0.05, 0) is 38.0 Å². The highest BCUT2D eigenvalue weighted by molar-refractivity contribution is 6.30. The molecule has 102 valence electrons. The summed E-state index contributed by atoms with van der Waals surface area (Å²) in [5, 5.41) is 9.18. The van der Waals surface area contributed by atoms with Crippen LogP contribution in [0.4, 0.5) is 4.39 Å². The Labute approximate surface area is 114 Å². The van der Waals surface area contributed by atoms with E-state index in [1.807, 2.05) is 0 Å². The van der Waals surface area contributed by atoms with Gasteiger partial charge in [-0.25, -0.2) is 9.18 Å². The molecule has 1 fully saturated rings. The van der Waals surface area contributed by atoms with Crippen LogP contribution in [-0.2, 0) is 4.79 Å². The van der Waals surface area contributed by atoms with Crippen LogP contribution in [0.3, 0.4) is 0 Å². The SMILES string of the molecule is CC1(C(=O)O)CCCN1C(=O)c1ccc(Cl)c(F)c1. The summed E-state index contributed by atoms with van der Waals surface area (Å²) in [4.78, 5) is 24.9. The molecule has 0 aliphatic carbocycles. The number of rotatable bonds is 2. The highest BCUT2D eigenvalue weighted by atomic mass is 35.5. The van der Waals surface area contributed by atoms with Crippen LogP contribution < -0.4 is 0 Å². The molecule has 1 amide bonds. The molecule has 1 aliphatic rings. The monoisotopic (exact) mass is 285 g/mol. The number of benzene rings is 1. The fourth-order valence-electron chi connectivity index (χ4n) is 2.30. The van der Waals surface area contributed by atoms with Crippen molar-refractivity contribution in [1.29, 1.82) is 0 Å². The molecule has 6 heteroatoms. The second-order valence-corrected chi connectivity index (χ2v) is 5.18. The highest BCUT2D eigenvalue weighted by Crippen LogP contribution is 2.31. The summed E-state index contributed by atoms with van der Waals surface area (Å²) in [7, 11) is 0. The predicted octanol–water partition coefficient (Wildman–Crippen LogP) is 2.56. The second kappa shape index (κ2) is 4.81. The second-order valence-electron chi connectivity index (χ2n) is 4.77. The Morgan fingerprint density at radius 2 is 2.16 bits per heavy atom. The first-order valence-electron chi connectivity index (χ1n) is 5.86. The molecule has 2 rings (SSSR count). The van der Waals surface area contributed by atoms with E-state index in [4.69, 9.17) is 11.6 Å². The summed E-state index contributed by atoms with van der Waals surface area (Å²) in [6.07, 6.45) is 1.01. The lowest BCUT2D eigenvalue weighted by molar-refractivity contribution is -0.147. The van der Waals surface area contributed by atoms with Crippen molar-refractivity contribution in [3.05, 3.63) is 34.6 Å². The van der Waals surface area contributed by atoms with Crippen LogP contribution in [0, 0.1) is 5.82 Å². The normalized spacial score (nSPS) is 22.6. The molecular weight excluding hydrogens is 273 g/mol. The molecule has 1 heterocycles. The minimum absolute atomic E-state index is 0.0704. The van der Waals surface area contributed by atoms with Crippen LogP contribution in [0.25, 0.3) is 0 Å². The summed E-state index contributed by atoms with van der Waals surface area (Å²) in [6.45, 7) is 1.86. The summed E-state index contributed by atoms with van der Waals surface area (Å²) in [5.74, 6) is -2.23. The molecule has 1 atom stereocenters. The largest absolute Gasteiger partial charge is 0.480 e. The van der Waals surface area contributed by atoms with Gasteiger partial charge < -0.3 is 10.0 Å². The number of carboxylic acid groups (broad SMARTS) is 1. The van der Waals surface area contributed by atoms with Crippen LogP contribution in [-0.4, -0.2) is 34.0 Å². The molecule has 4 nitrogen and oxygen atoms in total. The van der Waals surface area contributed by atoms with Gasteiger partial charge in [0.25, 0.3) is 5.91 Å². The van der Waals surface area contributed by atoms with E-state index in [1.54, 1.807) is 0 Å². The van der Waals surface area contributed by atoms with Gasteiger partial charge in [0.15, 0.2) is 0 Å². The van der Waals surface area contributed by atoms with Gasteiger partial charge in [0.1, 0.15) is 11.4 Å². The highest BCUT2D eigenvalue weighted by Gasteiger charge is 2.46. The lowest BCUT2D eigenvalue weighted by Crippen LogP contribution is -2.50. The molecule has 19 heavy (non-hydrogen) atoms. The first-order valence-corrected chi connectivity index (χ1v) is 6.24. The fourth-order valence-corrected chi connectivity index (χ4v) is 2.41. The maximum Gasteiger partial charge on any atom is 0.329 e. The van der Waals surface area contributed by atoms with E-state index in [2.05, 4.69) is 0 Å². The van der Waals surface area contributed by atoms with Crippen LogP contribution in [0.1, 0.15) is 30.1 Å². The van der Waals surface area contributed by atoms with E-state index < -0.39 is 23.2 Å². The van der Waals surface area contributed by atoms with Crippen molar-refractivity contribution in [2.75, 3.05) is 6.54 Å². The smallest absolute Gasteiger partial charge is 0.329 e. The molecule has 0 aromatic heterocycles. The summed E-state index contributed by atoms with van der Waals surface area (Å²) >= 11 is 5.56. The number of amides is 1. The lowest BCUT2D eigenvalue weighted by atomic mass is 9.98. The Morgan fingerprint density at radius 3 is 2.74 bits per heavy atom. The van der Waals surface area contributed by atoms with E-state index in [0.29, 0.717) is 19.4 Å². The number of nitrogens with zero attached hydrogens (tertiary/aromatic N) is 1. The maximum atomic E-state index is 13.4. The van der Waals surface area contributed by atoms with E-state index in [0.717, 1.165) is 6.07 Å². The summed E-state index contributed by atoms with van der Waals surface area (Å²) in [5.41, 5.74) is -1.12. The Balaban J connectivity index is 2.33. The maximum absolute atomic E-state index is 13.4.